The minimum atomic E-state index is -4.41. The van der Waals surface area contributed by atoms with Crippen LogP contribution in [0.1, 0.15) is 0 Å². The minimum Gasteiger partial charge on any atom is -0.325 e. The molecule has 1 aromatic rings. The van der Waals surface area contributed by atoms with E-state index in [9.17, 15) is 30.0 Å². The second-order valence-corrected chi connectivity index (χ2v) is 8.00. The van der Waals surface area contributed by atoms with Crippen molar-refractivity contribution in [2.24, 2.45) is 5.73 Å². The Hall–Kier alpha value is -0.880. The van der Waals surface area contributed by atoms with Gasteiger partial charge in [0, 0.05) is 6.26 Å². The van der Waals surface area contributed by atoms with E-state index in [0.717, 1.165) is 18.4 Å². The second-order valence-electron chi connectivity index (χ2n) is 4.25. The molecule has 0 radical (unpaired) electrons. The lowest BCUT2D eigenvalue weighted by Gasteiger charge is -2.15. The van der Waals surface area contributed by atoms with Gasteiger partial charge in [-0.3, -0.25) is 0 Å². The molecule has 0 aliphatic rings. The van der Waals surface area contributed by atoms with Crippen molar-refractivity contribution in [3.63, 3.8) is 0 Å². The largest absolute Gasteiger partial charge is 0.325 e. The van der Waals surface area contributed by atoms with Crippen molar-refractivity contribution in [2.75, 3.05) is 19.3 Å². The molecule has 12 heteroatoms. The molecule has 0 aliphatic heterocycles. The van der Waals surface area contributed by atoms with Gasteiger partial charge < -0.3 is 5.73 Å². The van der Waals surface area contributed by atoms with Crippen LogP contribution in [-0.2, 0) is 19.9 Å². The highest BCUT2D eigenvalue weighted by molar-refractivity contribution is 7.90. The van der Waals surface area contributed by atoms with E-state index in [-0.39, 0.29) is 12.4 Å². The zero-order valence-electron chi connectivity index (χ0n) is 11.2. The molecule has 0 atom stereocenters. The number of hydrogen-bond donors (Lipinski definition) is 2. The summed E-state index contributed by atoms with van der Waals surface area (Å²) >= 11 is 0. The quantitative estimate of drug-likeness (QED) is 0.746. The van der Waals surface area contributed by atoms with E-state index in [1.807, 2.05) is 0 Å². The normalized spacial score (nSPS) is 12.8. The summed E-state index contributed by atoms with van der Waals surface area (Å²) in [5.74, 6) is -4.73. The number of benzene rings is 1. The molecule has 6 nitrogen and oxygen atoms in total. The fraction of sp³-hybridized carbons (Fsp3) is 0.400. The van der Waals surface area contributed by atoms with Crippen LogP contribution in [0.4, 0.5) is 13.2 Å². The number of hydrogen-bond acceptors (Lipinski definition) is 5. The van der Waals surface area contributed by atoms with E-state index >= 15 is 0 Å². The van der Waals surface area contributed by atoms with Gasteiger partial charge in [-0.25, -0.2) is 34.7 Å². The first-order valence-corrected chi connectivity index (χ1v) is 8.84. The summed E-state index contributed by atoms with van der Waals surface area (Å²) in [6, 6.07) is 2.00. The smallest absolute Gasteiger partial charge is 0.273 e. The summed E-state index contributed by atoms with van der Waals surface area (Å²) in [5, 5.41) is 0. The van der Waals surface area contributed by atoms with Gasteiger partial charge in [0.2, 0.25) is 10.0 Å². The topological polar surface area (TPSA) is 106 Å². The Labute approximate surface area is 132 Å². The molecule has 1 rings (SSSR count). The lowest BCUT2D eigenvalue weighted by Crippen LogP contribution is -2.41. The van der Waals surface area contributed by atoms with Crippen LogP contribution >= 0.6 is 12.4 Å². The van der Waals surface area contributed by atoms with E-state index in [0.29, 0.717) is 6.07 Å². The highest BCUT2D eigenvalue weighted by Crippen LogP contribution is 2.19. The first-order chi connectivity index (χ1) is 9.39. The van der Waals surface area contributed by atoms with Crippen LogP contribution in [0.5, 0.6) is 0 Å². The van der Waals surface area contributed by atoms with Crippen LogP contribution in [0, 0.1) is 5.82 Å². The van der Waals surface area contributed by atoms with Crippen molar-refractivity contribution < 1.29 is 30.0 Å². The number of alkyl halides is 2. The van der Waals surface area contributed by atoms with Crippen molar-refractivity contribution in [2.45, 2.75) is 15.7 Å². The number of nitrogens with two attached hydrogens (primary N) is 1. The van der Waals surface area contributed by atoms with Crippen LogP contribution in [0.2, 0.25) is 0 Å². The molecule has 0 heterocycles. The van der Waals surface area contributed by atoms with Crippen LogP contribution in [0.25, 0.3) is 0 Å². The van der Waals surface area contributed by atoms with E-state index in [1.54, 1.807) is 4.72 Å². The molecule has 0 saturated heterocycles. The van der Waals surface area contributed by atoms with Crippen molar-refractivity contribution in [1.82, 2.24) is 4.72 Å². The molecule has 0 aromatic heterocycles. The zero-order chi connectivity index (χ0) is 16.5. The Morgan fingerprint density at radius 2 is 1.77 bits per heavy atom. The number of sulfonamides is 1. The zero-order valence-corrected chi connectivity index (χ0v) is 13.7. The van der Waals surface area contributed by atoms with Gasteiger partial charge >= 0.3 is 0 Å². The lowest BCUT2D eigenvalue weighted by atomic mass is 10.3. The fourth-order valence-electron chi connectivity index (χ4n) is 1.31. The molecule has 3 N–H and O–H groups in total. The molecule has 0 amide bonds. The standard InChI is InChI=1S/C10H13F3N2O4S2.ClH/c1-20(16,17)9-3-2-7(4-8(9)11)21(18,19)15-6-10(12,13)5-14;/h2-4,15H,5-6,14H2,1H3;1H. The van der Waals surface area contributed by atoms with Gasteiger partial charge in [0.15, 0.2) is 9.84 Å². The maximum absolute atomic E-state index is 13.6. The van der Waals surface area contributed by atoms with Gasteiger partial charge in [-0.05, 0) is 18.2 Å². The molecule has 0 fully saturated rings. The molecule has 128 valence electrons. The number of rotatable bonds is 6. The van der Waals surface area contributed by atoms with E-state index in [2.05, 4.69) is 0 Å². The molecule has 0 aliphatic carbocycles. The summed E-state index contributed by atoms with van der Waals surface area (Å²) in [6.45, 7) is -2.31. The third-order valence-electron chi connectivity index (χ3n) is 2.43. The maximum atomic E-state index is 13.6. The Morgan fingerprint density at radius 1 is 1.23 bits per heavy atom. The van der Waals surface area contributed by atoms with Crippen molar-refractivity contribution in [1.29, 1.82) is 0 Å². The highest BCUT2D eigenvalue weighted by Gasteiger charge is 2.29. The number of nitrogens with one attached hydrogen (secondary N) is 1. The predicted molar refractivity (Wildman–Crippen MR) is 75.9 cm³/mol. The van der Waals surface area contributed by atoms with Gasteiger partial charge in [-0.2, -0.15) is 0 Å². The second kappa shape index (κ2) is 7.13. The van der Waals surface area contributed by atoms with E-state index in [4.69, 9.17) is 5.73 Å². The Morgan fingerprint density at radius 3 is 2.18 bits per heavy atom. The SMILES string of the molecule is CS(=O)(=O)c1ccc(S(=O)(=O)NCC(F)(F)CN)cc1F.Cl. The first-order valence-electron chi connectivity index (χ1n) is 5.46. The predicted octanol–water partition coefficient (Wildman–Crippen LogP) is 0.523. The average Bonchev–Trinajstić information content (AvgIpc) is 2.35. The van der Waals surface area contributed by atoms with Crippen molar-refractivity contribution in [3.05, 3.63) is 24.0 Å². The molecule has 0 bridgehead atoms. The Kier molecular flexibility index (Phi) is 6.84. The molecule has 22 heavy (non-hydrogen) atoms. The Balaban J connectivity index is 0.00000441. The summed E-state index contributed by atoms with van der Waals surface area (Å²) in [5.41, 5.74) is 4.75. The molecule has 0 unspecified atom stereocenters. The molecule has 1 aromatic carbocycles. The lowest BCUT2D eigenvalue weighted by molar-refractivity contribution is 0.0170. The minimum absolute atomic E-state index is 0. The molecule has 0 spiro atoms. The van der Waals surface area contributed by atoms with Crippen LogP contribution in [-0.4, -0.2) is 42.1 Å². The molecule has 0 saturated carbocycles. The van der Waals surface area contributed by atoms with Gasteiger partial charge in [-0.1, -0.05) is 0 Å². The van der Waals surface area contributed by atoms with E-state index in [1.165, 1.54) is 0 Å². The molecular formula is C10H14ClF3N2O4S2. The van der Waals surface area contributed by atoms with Crippen molar-refractivity contribution in [3.8, 4) is 0 Å². The van der Waals surface area contributed by atoms with Crippen LogP contribution in [0.3, 0.4) is 0 Å². The fourth-order valence-corrected chi connectivity index (χ4v) is 3.11. The highest BCUT2D eigenvalue weighted by atomic mass is 35.5. The summed E-state index contributed by atoms with van der Waals surface area (Å²) in [7, 11) is -8.27. The monoisotopic (exact) mass is 382 g/mol. The Bertz CT molecular complexity index is 739. The third-order valence-corrected chi connectivity index (χ3v) is 4.96. The van der Waals surface area contributed by atoms with Gasteiger partial charge in [0.25, 0.3) is 5.92 Å². The molecular weight excluding hydrogens is 369 g/mol. The summed E-state index contributed by atoms with van der Waals surface area (Å²) < 4.78 is 86.7. The average molecular weight is 383 g/mol. The summed E-state index contributed by atoms with van der Waals surface area (Å²) in [6.07, 6.45) is 0.750. The first kappa shape index (κ1) is 21.1. The van der Waals surface area contributed by atoms with Gasteiger partial charge in [0.1, 0.15) is 10.7 Å². The van der Waals surface area contributed by atoms with Crippen LogP contribution < -0.4 is 10.5 Å². The van der Waals surface area contributed by atoms with Crippen LogP contribution in [0.15, 0.2) is 28.0 Å². The van der Waals surface area contributed by atoms with Gasteiger partial charge in [-0.15, -0.1) is 12.4 Å². The number of sulfone groups is 1. The maximum Gasteiger partial charge on any atom is 0.273 e. The number of halogens is 4. The van der Waals surface area contributed by atoms with E-state index < -0.39 is 54.5 Å². The summed E-state index contributed by atoms with van der Waals surface area (Å²) in [4.78, 5) is -1.35. The van der Waals surface area contributed by atoms with Gasteiger partial charge in [0.05, 0.1) is 18.0 Å². The van der Waals surface area contributed by atoms with Crippen molar-refractivity contribution >= 4 is 32.3 Å². The third kappa shape index (κ3) is 5.39.